The second kappa shape index (κ2) is 7.96. The quantitative estimate of drug-likeness (QED) is 0.629. The zero-order chi connectivity index (χ0) is 24.8. The first-order valence-electron chi connectivity index (χ1n) is 14.4. The molecule has 7 rings (SSSR count). The zero-order valence-corrected chi connectivity index (χ0v) is 21.7. The molecule has 1 aromatic rings. The Morgan fingerprint density at radius 2 is 2.03 bits per heavy atom. The van der Waals surface area contributed by atoms with Crippen LogP contribution in [0.15, 0.2) is 18.2 Å². The van der Waals surface area contributed by atoms with Gasteiger partial charge in [-0.2, -0.15) is 0 Å². The molecule has 5 unspecified atom stereocenters. The minimum absolute atomic E-state index is 0.0223. The summed E-state index contributed by atoms with van der Waals surface area (Å²) in [5.74, 6) is 1.91. The fourth-order valence-electron chi connectivity index (χ4n) is 9.90. The third-order valence-electron chi connectivity index (χ3n) is 11.5. The minimum atomic E-state index is -0.592. The van der Waals surface area contributed by atoms with Gasteiger partial charge in [0, 0.05) is 43.4 Å². The zero-order valence-electron chi connectivity index (χ0n) is 21.7. The second-order valence-corrected chi connectivity index (χ2v) is 12.8. The van der Waals surface area contributed by atoms with Crippen LogP contribution in [0.4, 0.5) is 0 Å². The van der Waals surface area contributed by atoms with E-state index < -0.39 is 6.10 Å². The maximum atomic E-state index is 13.6. The van der Waals surface area contributed by atoms with Crippen LogP contribution in [0, 0.1) is 23.2 Å². The van der Waals surface area contributed by atoms with E-state index in [0.29, 0.717) is 36.5 Å². The van der Waals surface area contributed by atoms with Crippen LogP contribution in [0.3, 0.4) is 0 Å². The molecule has 6 aliphatic rings. The third kappa shape index (κ3) is 3.00. The number of carbonyl (C=O) groups excluding carboxylic acids is 2. The number of benzene rings is 1. The first-order valence-corrected chi connectivity index (χ1v) is 14.4. The summed E-state index contributed by atoms with van der Waals surface area (Å²) in [5, 5.41) is 10.7. The van der Waals surface area contributed by atoms with Crippen molar-refractivity contribution in [2.24, 2.45) is 23.2 Å². The van der Waals surface area contributed by atoms with Crippen LogP contribution >= 0.6 is 0 Å². The standard InChI is InChI=1S/C30H40N2O4/c1-3-20-6-7-22(33)14-23(20)30-12-13-31(16-19-4-5-19)18(2)29(30)11-10-24-27(30)21(15-29)17-32(24)28(35)25-8-9-26(34)36-25/h6-7,14,18-19,21,24-25,27,33H,3-5,8-13,15-17H2,1-2H3/t18?,21-,24?,25-,27?,29?,30?/m1/s1. The second-order valence-electron chi connectivity index (χ2n) is 12.8. The van der Waals surface area contributed by atoms with Crippen molar-refractivity contribution >= 4 is 11.9 Å². The van der Waals surface area contributed by atoms with Crippen molar-refractivity contribution in [3.8, 4) is 5.75 Å². The fraction of sp³-hybridized carbons (Fsp3) is 0.733. The number of phenolic OH excluding ortho intramolecular Hbond substituents is 1. The number of aromatic hydroxyl groups is 1. The number of likely N-dealkylation sites (tertiary alicyclic amines) is 2. The van der Waals surface area contributed by atoms with Gasteiger partial charge in [0.25, 0.3) is 5.91 Å². The monoisotopic (exact) mass is 492 g/mol. The highest BCUT2D eigenvalue weighted by atomic mass is 16.6. The van der Waals surface area contributed by atoms with Crippen molar-refractivity contribution in [2.75, 3.05) is 19.6 Å². The summed E-state index contributed by atoms with van der Waals surface area (Å²) >= 11 is 0. The Kier molecular flexibility index (Phi) is 5.10. The van der Waals surface area contributed by atoms with E-state index in [0.717, 1.165) is 51.1 Å². The Morgan fingerprint density at radius 3 is 2.75 bits per heavy atom. The normalized spacial score (nSPS) is 41.4. The number of esters is 1. The minimum Gasteiger partial charge on any atom is -0.508 e. The smallest absolute Gasteiger partial charge is 0.306 e. The molecule has 3 saturated heterocycles. The van der Waals surface area contributed by atoms with Gasteiger partial charge in [-0.3, -0.25) is 14.5 Å². The molecular formula is C30H40N2O4. The molecule has 1 amide bonds. The molecule has 1 N–H and O–H groups in total. The van der Waals surface area contributed by atoms with Crippen molar-refractivity contribution in [3.63, 3.8) is 0 Å². The first kappa shape index (κ1) is 23.1. The van der Waals surface area contributed by atoms with Crippen molar-refractivity contribution in [2.45, 2.75) is 95.2 Å². The number of piperidine rings is 1. The van der Waals surface area contributed by atoms with Crippen LogP contribution < -0.4 is 0 Å². The van der Waals surface area contributed by atoms with Crippen molar-refractivity contribution < 1.29 is 19.4 Å². The van der Waals surface area contributed by atoms with E-state index >= 15 is 0 Å². The molecule has 3 aliphatic heterocycles. The van der Waals surface area contributed by atoms with Crippen LogP contribution in [0.1, 0.15) is 76.3 Å². The molecule has 3 saturated carbocycles. The Bertz CT molecular complexity index is 1100. The average Bonchev–Trinajstić information content (AvgIpc) is 3.39. The predicted molar refractivity (Wildman–Crippen MR) is 135 cm³/mol. The molecule has 1 aromatic carbocycles. The Balaban J connectivity index is 1.32. The number of ether oxygens (including phenoxy) is 1. The molecule has 0 radical (unpaired) electrons. The molecule has 36 heavy (non-hydrogen) atoms. The van der Waals surface area contributed by atoms with E-state index in [9.17, 15) is 14.7 Å². The number of phenols is 1. The van der Waals surface area contributed by atoms with E-state index in [1.807, 2.05) is 6.07 Å². The van der Waals surface area contributed by atoms with Gasteiger partial charge in [0.05, 0.1) is 0 Å². The summed E-state index contributed by atoms with van der Waals surface area (Å²) in [6.07, 6.45) is 8.42. The average molecular weight is 493 g/mol. The fourth-order valence-corrected chi connectivity index (χ4v) is 9.90. The van der Waals surface area contributed by atoms with Crippen LogP contribution in [-0.2, 0) is 26.2 Å². The van der Waals surface area contributed by atoms with Crippen molar-refractivity contribution in [1.82, 2.24) is 9.80 Å². The number of amides is 1. The summed E-state index contributed by atoms with van der Waals surface area (Å²) in [5.41, 5.74) is 2.88. The maximum absolute atomic E-state index is 13.6. The summed E-state index contributed by atoms with van der Waals surface area (Å²) in [7, 11) is 0. The predicted octanol–water partition coefficient (Wildman–Crippen LogP) is 4.03. The number of carbonyl (C=O) groups is 2. The Morgan fingerprint density at radius 1 is 1.19 bits per heavy atom. The van der Waals surface area contributed by atoms with Gasteiger partial charge < -0.3 is 14.7 Å². The lowest BCUT2D eigenvalue weighted by Crippen LogP contribution is -2.67. The molecule has 3 aliphatic carbocycles. The van der Waals surface area contributed by atoms with Gasteiger partial charge in [-0.25, -0.2) is 0 Å². The molecule has 2 bridgehead atoms. The van der Waals surface area contributed by atoms with E-state index in [-0.39, 0.29) is 28.7 Å². The Labute approximate surface area is 214 Å². The van der Waals surface area contributed by atoms with Gasteiger partial charge in [-0.05, 0) is 105 Å². The molecule has 6 heteroatoms. The number of hydrogen-bond acceptors (Lipinski definition) is 5. The Hall–Kier alpha value is -2.08. The van der Waals surface area contributed by atoms with Crippen LogP contribution in [0.2, 0.25) is 0 Å². The summed E-state index contributed by atoms with van der Waals surface area (Å²) in [6, 6.07) is 6.79. The summed E-state index contributed by atoms with van der Waals surface area (Å²) in [6.45, 7) is 7.85. The highest BCUT2D eigenvalue weighted by molar-refractivity contribution is 5.87. The highest BCUT2D eigenvalue weighted by Gasteiger charge is 2.74. The summed E-state index contributed by atoms with van der Waals surface area (Å²) < 4.78 is 5.43. The largest absolute Gasteiger partial charge is 0.508 e. The van der Waals surface area contributed by atoms with Gasteiger partial charge in [0.15, 0.2) is 6.10 Å². The van der Waals surface area contributed by atoms with E-state index in [2.05, 4.69) is 35.8 Å². The topological polar surface area (TPSA) is 70.1 Å². The van der Waals surface area contributed by atoms with E-state index in [4.69, 9.17) is 4.74 Å². The molecule has 194 valence electrons. The third-order valence-corrected chi connectivity index (χ3v) is 11.5. The molecule has 0 spiro atoms. The van der Waals surface area contributed by atoms with E-state index in [1.165, 1.54) is 30.5 Å². The van der Waals surface area contributed by atoms with Crippen molar-refractivity contribution in [3.05, 3.63) is 29.3 Å². The lowest BCUT2D eigenvalue weighted by Gasteiger charge is -2.63. The molecule has 6 fully saturated rings. The lowest BCUT2D eigenvalue weighted by atomic mass is 9.46. The SMILES string of the molecule is CCc1ccc(O)cc1C12CCN(CC3CC3)C(C)C13CCC1C2[C@@H](CN1C(=O)[C@H]1CCC(=O)O1)C3. The van der Waals surface area contributed by atoms with Gasteiger partial charge in [0.2, 0.25) is 0 Å². The van der Waals surface area contributed by atoms with Crippen molar-refractivity contribution in [1.29, 1.82) is 0 Å². The number of rotatable bonds is 5. The van der Waals surface area contributed by atoms with E-state index in [1.54, 1.807) is 0 Å². The number of cyclic esters (lactones) is 1. The molecular weight excluding hydrogens is 452 g/mol. The molecule has 7 atom stereocenters. The number of hydrogen-bond donors (Lipinski definition) is 1. The summed E-state index contributed by atoms with van der Waals surface area (Å²) in [4.78, 5) is 30.3. The lowest BCUT2D eigenvalue weighted by molar-refractivity contribution is -0.156. The van der Waals surface area contributed by atoms with Gasteiger partial charge in [0.1, 0.15) is 5.75 Å². The maximum Gasteiger partial charge on any atom is 0.306 e. The first-order chi connectivity index (χ1) is 17.4. The van der Waals surface area contributed by atoms with Crippen LogP contribution in [0.5, 0.6) is 5.75 Å². The number of nitrogens with zero attached hydrogens (tertiary/aromatic N) is 2. The molecule has 3 heterocycles. The van der Waals surface area contributed by atoms with Crippen LogP contribution in [0.25, 0.3) is 0 Å². The number of aryl methyl sites for hydroxylation is 1. The molecule has 6 nitrogen and oxygen atoms in total. The molecule has 0 aromatic heterocycles. The van der Waals surface area contributed by atoms with Gasteiger partial charge in [-0.1, -0.05) is 13.0 Å². The van der Waals surface area contributed by atoms with Gasteiger partial charge >= 0.3 is 5.97 Å². The van der Waals surface area contributed by atoms with Crippen LogP contribution in [-0.4, -0.2) is 64.6 Å². The van der Waals surface area contributed by atoms with Gasteiger partial charge in [-0.15, -0.1) is 0 Å². The highest BCUT2D eigenvalue weighted by Crippen LogP contribution is 2.74.